The summed E-state index contributed by atoms with van der Waals surface area (Å²) in [6, 6.07) is 9.52. The van der Waals surface area contributed by atoms with E-state index in [4.69, 9.17) is 10.4 Å². The van der Waals surface area contributed by atoms with E-state index in [9.17, 15) is 14.3 Å². The van der Waals surface area contributed by atoms with Gasteiger partial charge >= 0.3 is 5.97 Å². The SMILES string of the molecule is N#Cc1cccc(-c2ccc(C(=O)O)cc2O)c1F. The molecule has 0 aromatic heterocycles. The first-order valence-corrected chi connectivity index (χ1v) is 5.30. The third kappa shape index (κ3) is 2.24. The van der Waals surface area contributed by atoms with Crippen LogP contribution in [0.2, 0.25) is 0 Å². The number of hydrogen-bond acceptors (Lipinski definition) is 3. The van der Waals surface area contributed by atoms with Gasteiger partial charge in [-0.1, -0.05) is 12.1 Å². The molecule has 94 valence electrons. The zero-order valence-corrected chi connectivity index (χ0v) is 9.59. The first-order chi connectivity index (χ1) is 9.04. The minimum absolute atomic E-state index is 0.0495. The number of nitriles is 1. The predicted octanol–water partition coefficient (Wildman–Crippen LogP) is 2.77. The fraction of sp³-hybridized carbons (Fsp3) is 0. The average molecular weight is 257 g/mol. The van der Waals surface area contributed by atoms with Gasteiger partial charge in [0.15, 0.2) is 0 Å². The topological polar surface area (TPSA) is 81.3 Å². The zero-order valence-electron chi connectivity index (χ0n) is 9.59. The first kappa shape index (κ1) is 12.6. The minimum Gasteiger partial charge on any atom is -0.507 e. The number of nitrogens with zero attached hydrogens (tertiary/aromatic N) is 1. The van der Waals surface area contributed by atoms with Crippen molar-refractivity contribution in [3.8, 4) is 22.9 Å². The Morgan fingerprint density at radius 1 is 1.21 bits per heavy atom. The van der Waals surface area contributed by atoms with Gasteiger partial charge < -0.3 is 10.2 Å². The lowest BCUT2D eigenvalue weighted by Gasteiger charge is -2.07. The monoisotopic (exact) mass is 257 g/mol. The molecule has 0 heterocycles. The number of carboxylic acid groups (broad SMARTS) is 1. The van der Waals surface area contributed by atoms with Crippen molar-refractivity contribution in [2.24, 2.45) is 0 Å². The Bertz CT molecular complexity index is 704. The van der Waals surface area contributed by atoms with Crippen LogP contribution in [0.5, 0.6) is 5.75 Å². The molecule has 0 aliphatic rings. The average Bonchev–Trinajstić information content (AvgIpc) is 2.39. The van der Waals surface area contributed by atoms with Crippen LogP contribution in [0, 0.1) is 17.1 Å². The van der Waals surface area contributed by atoms with Crippen molar-refractivity contribution < 1.29 is 19.4 Å². The van der Waals surface area contributed by atoms with E-state index in [2.05, 4.69) is 0 Å². The fourth-order valence-corrected chi connectivity index (χ4v) is 1.72. The molecule has 0 aliphatic heterocycles. The van der Waals surface area contributed by atoms with E-state index in [1.54, 1.807) is 6.07 Å². The van der Waals surface area contributed by atoms with Crippen molar-refractivity contribution in [3.63, 3.8) is 0 Å². The standard InChI is InChI=1S/C14H8FNO3/c15-13-9(7-16)2-1-3-11(13)10-5-4-8(14(18)19)6-12(10)17/h1-6,17H,(H,18,19). The fourth-order valence-electron chi connectivity index (χ4n) is 1.72. The van der Waals surface area contributed by atoms with Crippen LogP contribution in [-0.4, -0.2) is 16.2 Å². The number of carboxylic acids is 1. The molecule has 0 fully saturated rings. The van der Waals surface area contributed by atoms with Crippen molar-refractivity contribution in [1.29, 1.82) is 5.26 Å². The lowest BCUT2D eigenvalue weighted by Crippen LogP contribution is -1.96. The Kier molecular flexibility index (Phi) is 3.17. The largest absolute Gasteiger partial charge is 0.507 e. The highest BCUT2D eigenvalue weighted by molar-refractivity contribution is 5.89. The van der Waals surface area contributed by atoms with Crippen LogP contribution in [0.1, 0.15) is 15.9 Å². The molecule has 0 atom stereocenters. The number of phenols is 1. The van der Waals surface area contributed by atoms with Gasteiger partial charge in [0.1, 0.15) is 17.6 Å². The summed E-state index contributed by atoms with van der Waals surface area (Å²) in [5, 5.41) is 27.3. The zero-order chi connectivity index (χ0) is 14.0. The van der Waals surface area contributed by atoms with Gasteiger partial charge in [0.05, 0.1) is 11.1 Å². The van der Waals surface area contributed by atoms with E-state index in [1.165, 1.54) is 30.3 Å². The van der Waals surface area contributed by atoms with Crippen molar-refractivity contribution in [3.05, 3.63) is 53.3 Å². The van der Waals surface area contributed by atoms with Crippen LogP contribution in [-0.2, 0) is 0 Å². The maximum Gasteiger partial charge on any atom is 0.335 e. The van der Waals surface area contributed by atoms with E-state index in [0.717, 1.165) is 6.07 Å². The molecule has 0 unspecified atom stereocenters. The molecular formula is C14H8FNO3. The number of phenolic OH excluding ortho intramolecular Hbond substituents is 1. The Balaban J connectivity index is 2.61. The molecule has 0 aliphatic carbocycles. The Morgan fingerprint density at radius 3 is 2.53 bits per heavy atom. The molecule has 2 aromatic rings. The second-order valence-electron chi connectivity index (χ2n) is 3.82. The van der Waals surface area contributed by atoms with Crippen LogP contribution in [0.4, 0.5) is 4.39 Å². The number of carbonyl (C=O) groups is 1. The molecule has 19 heavy (non-hydrogen) atoms. The molecular weight excluding hydrogens is 249 g/mol. The third-order valence-electron chi connectivity index (χ3n) is 2.65. The van der Waals surface area contributed by atoms with Crippen LogP contribution in [0.15, 0.2) is 36.4 Å². The van der Waals surface area contributed by atoms with Crippen molar-refractivity contribution in [2.75, 3.05) is 0 Å². The molecule has 0 amide bonds. The van der Waals surface area contributed by atoms with Crippen LogP contribution in [0.25, 0.3) is 11.1 Å². The summed E-state index contributed by atoms with van der Waals surface area (Å²) in [5.74, 6) is -2.29. The molecule has 5 heteroatoms. The van der Waals surface area contributed by atoms with Gasteiger partial charge in [-0.3, -0.25) is 0 Å². The van der Waals surface area contributed by atoms with Gasteiger partial charge in [0, 0.05) is 11.1 Å². The van der Waals surface area contributed by atoms with E-state index in [-0.39, 0.29) is 28.0 Å². The highest BCUT2D eigenvalue weighted by Gasteiger charge is 2.14. The lowest BCUT2D eigenvalue weighted by molar-refractivity contribution is 0.0696. The quantitative estimate of drug-likeness (QED) is 0.866. The smallest absolute Gasteiger partial charge is 0.335 e. The number of benzene rings is 2. The van der Waals surface area contributed by atoms with Crippen molar-refractivity contribution in [2.45, 2.75) is 0 Å². The number of aromatic carboxylic acids is 1. The second kappa shape index (κ2) is 4.78. The minimum atomic E-state index is -1.19. The number of halogens is 1. The van der Waals surface area contributed by atoms with Crippen molar-refractivity contribution >= 4 is 5.97 Å². The van der Waals surface area contributed by atoms with Gasteiger partial charge in [-0.25, -0.2) is 9.18 Å². The maximum atomic E-state index is 13.9. The van der Waals surface area contributed by atoms with Crippen molar-refractivity contribution in [1.82, 2.24) is 0 Å². The second-order valence-corrected chi connectivity index (χ2v) is 3.82. The summed E-state index contributed by atoms with van der Waals surface area (Å²) in [6.07, 6.45) is 0. The first-order valence-electron chi connectivity index (χ1n) is 5.30. The lowest BCUT2D eigenvalue weighted by atomic mass is 10.00. The van der Waals surface area contributed by atoms with E-state index in [1.807, 2.05) is 0 Å². The number of hydrogen-bond donors (Lipinski definition) is 2. The van der Waals surface area contributed by atoms with Gasteiger partial charge in [0.2, 0.25) is 0 Å². The van der Waals surface area contributed by atoms with E-state index in [0.29, 0.717) is 0 Å². The normalized spacial score (nSPS) is 9.89. The Hall–Kier alpha value is -2.87. The summed E-state index contributed by atoms with van der Waals surface area (Å²) < 4.78 is 13.9. The molecule has 2 aromatic carbocycles. The highest BCUT2D eigenvalue weighted by atomic mass is 19.1. The Morgan fingerprint density at radius 2 is 1.95 bits per heavy atom. The molecule has 0 spiro atoms. The van der Waals surface area contributed by atoms with Crippen LogP contribution in [0.3, 0.4) is 0 Å². The molecule has 0 bridgehead atoms. The summed E-state index contributed by atoms with van der Waals surface area (Å²) in [5.41, 5.74) is -0.0506. The molecule has 0 saturated heterocycles. The number of aromatic hydroxyl groups is 1. The van der Waals surface area contributed by atoms with E-state index >= 15 is 0 Å². The number of rotatable bonds is 2. The molecule has 0 radical (unpaired) electrons. The van der Waals surface area contributed by atoms with Gasteiger partial charge in [0.25, 0.3) is 0 Å². The summed E-state index contributed by atoms with van der Waals surface area (Å²) in [4.78, 5) is 10.7. The molecule has 4 nitrogen and oxygen atoms in total. The van der Waals surface area contributed by atoms with E-state index < -0.39 is 11.8 Å². The molecule has 2 N–H and O–H groups in total. The van der Waals surface area contributed by atoms with Gasteiger partial charge in [-0.2, -0.15) is 5.26 Å². The maximum absolute atomic E-state index is 13.9. The molecule has 0 saturated carbocycles. The van der Waals surface area contributed by atoms with Gasteiger partial charge in [-0.15, -0.1) is 0 Å². The predicted molar refractivity (Wildman–Crippen MR) is 65.2 cm³/mol. The summed E-state index contributed by atoms with van der Waals surface area (Å²) in [6.45, 7) is 0. The highest BCUT2D eigenvalue weighted by Crippen LogP contribution is 2.32. The molecule has 2 rings (SSSR count). The third-order valence-corrected chi connectivity index (χ3v) is 2.65. The van der Waals surface area contributed by atoms with Gasteiger partial charge in [-0.05, 0) is 24.3 Å². The van der Waals surface area contributed by atoms with Crippen LogP contribution < -0.4 is 0 Å². The Labute approximate surface area is 108 Å². The summed E-state index contributed by atoms with van der Waals surface area (Å²) >= 11 is 0. The van der Waals surface area contributed by atoms with Crippen LogP contribution >= 0.6 is 0 Å². The summed E-state index contributed by atoms with van der Waals surface area (Å²) in [7, 11) is 0.